The number of nitrogens with one attached hydrogen (secondary N) is 1. The van der Waals surface area contributed by atoms with Crippen LogP contribution >= 0.6 is 0 Å². The maximum Gasteiger partial charge on any atom is 0.0951 e. The van der Waals surface area contributed by atoms with E-state index in [1.807, 2.05) is 12.5 Å². The third-order valence-electron chi connectivity index (χ3n) is 4.68. The molecular formula is C15H25N3. The summed E-state index contributed by atoms with van der Waals surface area (Å²) in [4.78, 5) is 4.38. The first-order valence-corrected chi connectivity index (χ1v) is 7.41. The van der Waals surface area contributed by atoms with Gasteiger partial charge in [-0.2, -0.15) is 0 Å². The zero-order valence-electron chi connectivity index (χ0n) is 11.7. The molecule has 0 aliphatic heterocycles. The van der Waals surface area contributed by atoms with Crippen LogP contribution in [0, 0.1) is 5.41 Å². The minimum absolute atomic E-state index is 0.410. The van der Waals surface area contributed by atoms with Crippen molar-refractivity contribution < 1.29 is 0 Å². The van der Waals surface area contributed by atoms with Gasteiger partial charge in [-0.3, -0.25) is 0 Å². The molecule has 3 heteroatoms. The van der Waals surface area contributed by atoms with Gasteiger partial charge in [0.25, 0.3) is 0 Å². The van der Waals surface area contributed by atoms with Gasteiger partial charge in [-0.1, -0.05) is 26.7 Å². The van der Waals surface area contributed by atoms with Crippen LogP contribution in [-0.4, -0.2) is 15.6 Å². The fourth-order valence-electron chi connectivity index (χ4n) is 3.28. The van der Waals surface area contributed by atoms with Crippen LogP contribution in [0.1, 0.15) is 64.1 Å². The molecule has 0 aromatic carbocycles. The smallest absolute Gasteiger partial charge is 0.0951 e. The molecule has 1 heterocycles. The van der Waals surface area contributed by atoms with E-state index in [0.29, 0.717) is 11.5 Å². The molecular weight excluding hydrogens is 222 g/mol. The van der Waals surface area contributed by atoms with Crippen molar-refractivity contribution in [3.63, 3.8) is 0 Å². The lowest BCUT2D eigenvalue weighted by Crippen LogP contribution is -2.32. The summed E-state index contributed by atoms with van der Waals surface area (Å²) in [6, 6.07) is 1.40. The van der Waals surface area contributed by atoms with Crippen molar-refractivity contribution >= 4 is 0 Å². The molecule has 3 rings (SSSR count). The highest BCUT2D eigenvalue weighted by Crippen LogP contribution is 2.44. The molecule has 0 saturated heterocycles. The van der Waals surface area contributed by atoms with E-state index < -0.39 is 0 Å². The van der Waals surface area contributed by atoms with E-state index in [9.17, 15) is 0 Å². The summed E-state index contributed by atoms with van der Waals surface area (Å²) in [5, 5.41) is 3.60. The Morgan fingerprint density at radius 3 is 2.89 bits per heavy atom. The highest BCUT2D eigenvalue weighted by molar-refractivity contribution is 5.04. The van der Waals surface area contributed by atoms with Gasteiger partial charge in [-0.25, -0.2) is 4.98 Å². The van der Waals surface area contributed by atoms with Gasteiger partial charge in [-0.15, -0.1) is 0 Å². The van der Waals surface area contributed by atoms with E-state index in [4.69, 9.17) is 0 Å². The predicted molar refractivity (Wildman–Crippen MR) is 73.4 cm³/mol. The van der Waals surface area contributed by atoms with Crippen molar-refractivity contribution in [2.24, 2.45) is 5.41 Å². The van der Waals surface area contributed by atoms with E-state index in [2.05, 4.69) is 28.7 Å². The van der Waals surface area contributed by atoms with Crippen molar-refractivity contribution in [2.75, 3.05) is 0 Å². The lowest BCUT2D eigenvalue weighted by Gasteiger charge is -2.40. The molecule has 1 aromatic rings. The maximum absolute atomic E-state index is 4.38. The molecule has 1 unspecified atom stereocenters. The normalized spacial score (nSPS) is 27.3. The molecule has 1 N–H and O–H groups in total. The standard InChI is InChI=1S/C15H25N3/c1-15(2)8-4-3-5-14(15)18-11-16-9-13(18)10-17-12-6-7-12/h9,11-12,14,17H,3-8,10H2,1-2H3. The van der Waals surface area contributed by atoms with E-state index in [0.717, 1.165) is 12.6 Å². The third-order valence-corrected chi connectivity index (χ3v) is 4.68. The molecule has 3 nitrogen and oxygen atoms in total. The topological polar surface area (TPSA) is 29.9 Å². The summed E-state index contributed by atoms with van der Waals surface area (Å²) >= 11 is 0. The summed E-state index contributed by atoms with van der Waals surface area (Å²) in [5.41, 5.74) is 1.77. The molecule has 100 valence electrons. The van der Waals surface area contributed by atoms with Gasteiger partial charge in [0.2, 0.25) is 0 Å². The quantitative estimate of drug-likeness (QED) is 0.885. The van der Waals surface area contributed by atoms with Gasteiger partial charge in [-0.05, 0) is 31.1 Å². The molecule has 1 atom stereocenters. The zero-order chi connectivity index (χ0) is 12.6. The average molecular weight is 247 g/mol. The Hall–Kier alpha value is -0.830. The molecule has 2 saturated carbocycles. The Balaban J connectivity index is 1.75. The first kappa shape index (κ1) is 12.2. The molecule has 18 heavy (non-hydrogen) atoms. The first-order valence-electron chi connectivity index (χ1n) is 7.41. The average Bonchev–Trinajstić information content (AvgIpc) is 3.05. The van der Waals surface area contributed by atoms with Crippen LogP contribution in [0.4, 0.5) is 0 Å². The van der Waals surface area contributed by atoms with Crippen LogP contribution < -0.4 is 5.32 Å². The van der Waals surface area contributed by atoms with Crippen molar-refractivity contribution in [1.82, 2.24) is 14.9 Å². The van der Waals surface area contributed by atoms with Crippen molar-refractivity contribution in [1.29, 1.82) is 0 Å². The molecule has 2 aliphatic carbocycles. The number of hydrogen-bond donors (Lipinski definition) is 1. The van der Waals surface area contributed by atoms with E-state index in [1.54, 1.807) is 0 Å². The second kappa shape index (κ2) is 4.69. The predicted octanol–water partition coefficient (Wildman–Crippen LogP) is 3.28. The first-order chi connectivity index (χ1) is 8.67. The second-order valence-corrected chi connectivity index (χ2v) is 6.70. The van der Waals surface area contributed by atoms with Crippen LogP contribution in [0.5, 0.6) is 0 Å². The Labute approximate surface area is 110 Å². The van der Waals surface area contributed by atoms with Gasteiger partial charge >= 0.3 is 0 Å². The molecule has 0 spiro atoms. The molecule has 2 fully saturated rings. The van der Waals surface area contributed by atoms with Crippen molar-refractivity contribution in [3.05, 3.63) is 18.2 Å². The fraction of sp³-hybridized carbons (Fsp3) is 0.800. The Kier molecular flexibility index (Phi) is 3.18. The van der Waals surface area contributed by atoms with Crippen LogP contribution in [0.15, 0.2) is 12.5 Å². The van der Waals surface area contributed by atoms with Crippen molar-refractivity contribution in [2.45, 2.75) is 71.0 Å². The van der Waals surface area contributed by atoms with Crippen molar-refractivity contribution in [3.8, 4) is 0 Å². The highest BCUT2D eigenvalue weighted by atomic mass is 15.1. The van der Waals surface area contributed by atoms with Crippen LogP contribution in [0.25, 0.3) is 0 Å². The number of rotatable bonds is 4. The van der Waals surface area contributed by atoms with Crippen LogP contribution in [-0.2, 0) is 6.54 Å². The monoisotopic (exact) mass is 247 g/mol. The highest BCUT2D eigenvalue weighted by Gasteiger charge is 2.34. The summed E-state index contributed by atoms with van der Waals surface area (Å²) < 4.78 is 2.44. The molecule has 1 aromatic heterocycles. The lowest BCUT2D eigenvalue weighted by atomic mass is 9.73. The SMILES string of the molecule is CC1(C)CCCCC1n1cncc1CNC1CC1. The molecule has 2 aliphatic rings. The van der Waals surface area contributed by atoms with Gasteiger partial charge < -0.3 is 9.88 Å². The number of nitrogens with zero attached hydrogens (tertiary/aromatic N) is 2. The summed E-state index contributed by atoms with van der Waals surface area (Å²) in [5.74, 6) is 0. The number of imidazole rings is 1. The van der Waals surface area contributed by atoms with Gasteiger partial charge in [0.05, 0.1) is 12.0 Å². The Bertz CT molecular complexity index is 404. The maximum atomic E-state index is 4.38. The minimum atomic E-state index is 0.410. The molecule has 0 amide bonds. The molecule has 0 bridgehead atoms. The van der Waals surface area contributed by atoms with Gasteiger partial charge in [0.15, 0.2) is 0 Å². The van der Waals surface area contributed by atoms with E-state index in [1.165, 1.54) is 44.2 Å². The van der Waals surface area contributed by atoms with E-state index >= 15 is 0 Å². The van der Waals surface area contributed by atoms with Gasteiger partial charge in [0, 0.05) is 24.8 Å². The van der Waals surface area contributed by atoms with Gasteiger partial charge in [0.1, 0.15) is 0 Å². The molecule has 0 radical (unpaired) electrons. The van der Waals surface area contributed by atoms with Crippen LogP contribution in [0.3, 0.4) is 0 Å². The largest absolute Gasteiger partial charge is 0.330 e. The Morgan fingerprint density at radius 1 is 1.33 bits per heavy atom. The number of aromatic nitrogens is 2. The Morgan fingerprint density at radius 2 is 2.17 bits per heavy atom. The number of hydrogen-bond acceptors (Lipinski definition) is 2. The third kappa shape index (κ3) is 2.46. The minimum Gasteiger partial charge on any atom is -0.330 e. The fourth-order valence-corrected chi connectivity index (χ4v) is 3.28. The van der Waals surface area contributed by atoms with Crippen LogP contribution in [0.2, 0.25) is 0 Å². The zero-order valence-corrected chi connectivity index (χ0v) is 11.7. The summed E-state index contributed by atoms with van der Waals surface area (Å²) in [7, 11) is 0. The summed E-state index contributed by atoms with van der Waals surface area (Å²) in [6.45, 7) is 5.81. The summed E-state index contributed by atoms with van der Waals surface area (Å²) in [6.07, 6.45) is 12.2. The van der Waals surface area contributed by atoms with E-state index in [-0.39, 0.29) is 0 Å². The second-order valence-electron chi connectivity index (χ2n) is 6.70. The lowest BCUT2D eigenvalue weighted by molar-refractivity contribution is 0.141.